The number of carbonyl (C=O) groups excluding carboxylic acids is 1. The number of nitrogens with zero attached hydrogens (tertiary/aromatic N) is 2. The second-order valence-corrected chi connectivity index (χ2v) is 7.25. The van der Waals surface area contributed by atoms with Crippen LogP contribution in [0.1, 0.15) is 15.9 Å². The molecule has 3 aromatic rings. The molecule has 1 saturated heterocycles. The number of rotatable bonds is 3. The van der Waals surface area contributed by atoms with Crippen molar-refractivity contribution < 1.29 is 22.7 Å². The third-order valence-electron chi connectivity index (χ3n) is 5.33. The third-order valence-corrected chi connectivity index (χ3v) is 5.33. The van der Waals surface area contributed by atoms with Crippen LogP contribution in [0.25, 0.3) is 10.9 Å². The first kappa shape index (κ1) is 20.9. The first-order valence-electron chi connectivity index (χ1n) is 9.70. The SMILES string of the molecule is Cn1c(=O)cc(C(=O)Nc2ccc(N3CCOCC3)cc2C(F)(F)F)c2ccccc21. The minimum absolute atomic E-state index is 0.0177. The molecule has 4 rings (SSSR count). The molecule has 0 bridgehead atoms. The fourth-order valence-electron chi connectivity index (χ4n) is 3.68. The van der Waals surface area contributed by atoms with E-state index in [-0.39, 0.29) is 11.3 Å². The van der Waals surface area contributed by atoms with Crippen LogP contribution in [-0.4, -0.2) is 36.8 Å². The molecule has 0 saturated carbocycles. The molecule has 1 aliphatic rings. The van der Waals surface area contributed by atoms with Gasteiger partial charge in [-0.25, -0.2) is 0 Å². The van der Waals surface area contributed by atoms with Gasteiger partial charge < -0.3 is 19.5 Å². The number of fused-ring (bicyclic) bond motifs is 1. The molecule has 1 amide bonds. The summed E-state index contributed by atoms with van der Waals surface area (Å²) < 4.78 is 47.9. The Morgan fingerprint density at radius 2 is 1.77 bits per heavy atom. The van der Waals surface area contributed by atoms with E-state index in [0.29, 0.717) is 42.9 Å². The van der Waals surface area contributed by atoms with E-state index < -0.39 is 23.2 Å². The van der Waals surface area contributed by atoms with Gasteiger partial charge in [0.15, 0.2) is 0 Å². The average molecular weight is 431 g/mol. The normalized spacial score (nSPS) is 14.6. The summed E-state index contributed by atoms with van der Waals surface area (Å²) in [4.78, 5) is 27.0. The Labute approximate surface area is 175 Å². The van der Waals surface area contributed by atoms with E-state index in [1.807, 2.05) is 0 Å². The molecular formula is C22H20F3N3O3. The van der Waals surface area contributed by atoms with Crippen molar-refractivity contribution in [3.05, 3.63) is 70.0 Å². The highest BCUT2D eigenvalue weighted by atomic mass is 19.4. The van der Waals surface area contributed by atoms with E-state index in [9.17, 15) is 22.8 Å². The minimum atomic E-state index is -4.67. The summed E-state index contributed by atoms with van der Waals surface area (Å²) in [6.07, 6.45) is -4.67. The molecule has 162 valence electrons. The summed E-state index contributed by atoms with van der Waals surface area (Å²) in [7, 11) is 1.57. The Kier molecular flexibility index (Phi) is 5.45. The van der Waals surface area contributed by atoms with Gasteiger partial charge in [0.2, 0.25) is 0 Å². The van der Waals surface area contributed by atoms with Crippen molar-refractivity contribution in [3.63, 3.8) is 0 Å². The zero-order valence-corrected chi connectivity index (χ0v) is 16.7. The fraction of sp³-hybridized carbons (Fsp3) is 0.273. The Bertz CT molecular complexity index is 1200. The van der Waals surface area contributed by atoms with Gasteiger partial charge >= 0.3 is 6.18 Å². The van der Waals surface area contributed by atoms with Gasteiger partial charge in [-0.05, 0) is 24.3 Å². The number of anilines is 2. The maximum atomic E-state index is 13.8. The fourth-order valence-corrected chi connectivity index (χ4v) is 3.68. The van der Waals surface area contributed by atoms with E-state index >= 15 is 0 Å². The van der Waals surface area contributed by atoms with Gasteiger partial charge in [0, 0.05) is 37.3 Å². The monoisotopic (exact) mass is 431 g/mol. The number of para-hydroxylation sites is 1. The zero-order chi connectivity index (χ0) is 22.2. The van der Waals surface area contributed by atoms with Crippen LogP contribution in [0, 0.1) is 0 Å². The number of pyridine rings is 1. The Balaban J connectivity index is 1.72. The molecule has 2 aromatic carbocycles. The van der Waals surface area contributed by atoms with Gasteiger partial charge in [-0.1, -0.05) is 18.2 Å². The molecule has 0 atom stereocenters. The van der Waals surface area contributed by atoms with Crippen LogP contribution in [-0.2, 0) is 18.0 Å². The summed E-state index contributed by atoms with van der Waals surface area (Å²) in [6, 6.07) is 11.7. The van der Waals surface area contributed by atoms with Crippen LogP contribution in [0.15, 0.2) is 53.3 Å². The predicted molar refractivity (Wildman–Crippen MR) is 112 cm³/mol. The summed E-state index contributed by atoms with van der Waals surface area (Å²) in [5.41, 5.74) is -0.796. The molecule has 1 aliphatic heterocycles. The largest absolute Gasteiger partial charge is 0.418 e. The predicted octanol–water partition coefficient (Wildman–Crippen LogP) is 3.65. The van der Waals surface area contributed by atoms with Crippen LogP contribution in [0.3, 0.4) is 0 Å². The zero-order valence-electron chi connectivity index (χ0n) is 16.7. The first-order chi connectivity index (χ1) is 14.8. The maximum absolute atomic E-state index is 13.8. The van der Waals surface area contributed by atoms with Crippen LogP contribution >= 0.6 is 0 Å². The van der Waals surface area contributed by atoms with E-state index in [1.165, 1.54) is 16.7 Å². The van der Waals surface area contributed by atoms with E-state index in [2.05, 4.69) is 5.32 Å². The maximum Gasteiger partial charge on any atom is 0.418 e. The molecule has 1 aromatic heterocycles. The highest BCUT2D eigenvalue weighted by Crippen LogP contribution is 2.38. The lowest BCUT2D eigenvalue weighted by molar-refractivity contribution is -0.136. The number of carbonyl (C=O) groups is 1. The molecule has 6 nitrogen and oxygen atoms in total. The smallest absolute Gasteiger partial charge is 0.378 e. The summed E-state index contributed by atoms with van der Waals surface area (Å²) in [5.74, 6) is -0.779. The number of alkyl halides is 3. The van der Waals surface area contributed by atoms with Gasteiger partial charge in [-0.2, -0.15) is 13.2 Å². The first-order valence-corrected chi connectivity index (χ1v) is 9.70. The van der Waals surface area contributed by atoms with E-state index in [4.69, 9.17) is 4.74 Å². The molecule has 9 heteroatoms. The number of aromatic nitrogens is 1. The molecule has 0 unspecified atom stereocenters. The Morgan fingerprint density at radius 1 is 1.06 bits per heavy atom. The van der Waals surface area contributed by atoms with Crippen molar-refractivity contribution in [2.24, 2.45) is 7.05 Å². The van der Waals surface area contributed by atoms with E-state index in [0.717, 1.165) is 12.1 Å². The van der Waals surface area contributed by atoms with Gasteiger partial charge in [0.05, 0.1) is 35.5 Å². The van der Waals surface area contributed by atoms with Gasteiger partial charge in [-0.15, -0.1) is 0 Å². The van der Waals surface area contributed by atoms with E-state index in [1.54, 1.807) is 36.2 Å². The summed E-state index contributed by atoms with van der Waals surface area (Å²) >= 11 is 0. The van der Waals surface area contributed by atoms with Gasteiger partial charge in [0.25, 0.3) is 11.5 Å². The van der Waals surface area contributed by atoms with Crippen molar-refractivity contribution in [2.45, 2.75) is 6.18 Å². The third kappa shape index (κ3) is 4.13. The molecule has 0 spiro atoms. The summed E-state index contributed by atoms with van der Waals surface area (Å²) in [5, 5.41) is 2.82. The van der Waals surface area contributed by atoms with Crippen LogP contribution in [0.5, 0.6) is 0 Å². The average Bonchev–Trinajstić information content (AvgIpc) is 2.76. The number of hydrogen-bond donors (Lipinski definition) is 1. The molecular weight excluding hydrogens is 411 g/mol. The summed E-state index contributed by atoms with van der Waals surface area (Å²) in [6.45, 7) is 1.86. The van der Waals surface area contributed by atoms with Crippen molar-refractivity contribution in [3.8, 4) is 0 Å². The van der Waals surface area contributed by atoms with Crippen LogP contribution < -0.4 is 15.8 Å². The molecule has 1 N–H and O–H groups in total. The number of morpholine rings is 1. The number of benzene rings is 2. The van der Waals surface area contributed by atoms with Crippen LogP contribution in [0.4, 0.5) is 24.5 Å². The van der Waals surface area contributed by atoms with Crippen LogP contribution in [0.2, 0.25) is 0 Å². The number of halogens is 3. The molecule has 0 aliphatic carbocycles. The standard InChI is InChI=1S/C22H20F3N3O3/c1-27-19-5-3-2-4-15(19)16(13-20(27)29)21(30)26-18-7-6-14(12-17(18)22(23,24)25)28-8-10-31-11-9-28/h2-7,12-13H,8-11H2,1H3,(H,26,30). The Hall–Kier alpha value is -3.33. The lowest BCUT2D eigenvalue weighted by Crippen LogP contribution is -2.36. The van der Waals surface area contributed by atoms with Crippen molar-refractivity contribution in [1.29, 1.82) is 0 Å². The molecule has 31 heavy (non-hydrogen) atoms. The highest BCUT2D eigenvalue weighted by Gasteiger charge is 2.35. The quantitative estimate of drug-likeness (QED) is 0.688. The number of aryl methyl sites for hydroxylation is 1. The number of nitrogens with one attached hydrogen (secondary N) is 1. The highest BCUT2D eigenvalue weighted by molar-refractivity contribution is 6.12. The van der Waals surface area contributed by atoms with Gasteiger partial charge in [0.1, 0.15) is 0 Å². The molecule has 0 radical (unpaired) electrons. The second kappa shape index (κ2) is 8.07. The number of hydrogen-bond acceptors (Lipinski definition) is 4. The van der Waals surface area contributed by atoms with Crippen molar-refractivity contribution in [1.82, 2.24) is 4.57 Å². The van der Waals surface area contributed by atoms with Crippen molar-refractivity contribution >= 4 is 28.2 Å². The minimum Gasteiger partial charge on any atom is -0.378 e. The molecule has 1 fully saturated rings. The number of ether oxygens (including phenoxy) is 1. The second-order valence-electron chi connectivity index (χ2n) is 7.25. The Morgan fingerprint density at radius 3 is 2.48 bits per heavy atom. The topological polar surface area (TPSA) is 63.6 Å². The lowest BCUT2D eigenvalue weighted by atomic mass is 10.1. The lowest BCUT2D eigenvalue weighted by Gasteiger charge is -2.29. The van der Waals surface area contributed by atoms with Crippen molar-refractivity contribution in [2.75, 3.05) is 36.5 Å². The number of amides is 1. The molecule has 2 heterocycles. The van der Waals surface area contributed by atoms with Gasteiger partial charge in [-0.3, -0.25) is 9.59 Å².